The Labute approximate surface area is 140 Å². The molecule has 1 aromatic carbocycles. The number of hydrogen-bond acceptors (Lipinski definition) is 6. The van der Waals surface area contributed by atoms with E-state index in [0.717, 1.165) is 6.42 Å². The van der Waals surface area contributed by atoms with E-state index in [9.17, 15) is 4.79 Å². The monoisotopic (exact) mass is 329 g/mol. The van der Waals surface area contributed by atoms with Gasteiger partial charge in [-0.25, -0.2) is 0 Å². The fourth-order valence-electron chi connectivity index (χ4n) is 2.60. The van der Waals surface area contributed by atoms with Crippen molar-refractivity contribution in [1.82, 2.24) is 14.9 Å². The quantitative estimate of drug-likeness (QED) is 0.832. The molecule has 7 nitrogen and oxygen atoms in total. The van der Waals surface area contributed by atoms with Gasteiger partial charge in [0.2, 0.25) is 11.8 Å². The third-order valence-corrected chi connectivity index (χ3v) is 3.84. The van der Waals surface area contributed by atoms with Gasteiger partial charge in [0.25, 0.3) is 5.91 Å². The highest BCUT2D eigenvalue weighted by atomic mass is 16.5. The maximum Gasteiger partial charge on any atom is 0.254 e. The number of hydrogen-bond donors (Lipinski definition) is 0. The van der Waals surface area contributed by atoms with Crippen LogP contribution >= 0.6 is 0 Å². The lowest BCUT2D eigenvalue weighted by Gasteiger charge is -2.17. The van der Waals surface area contributed by atoms with Gasteiger partial charge >= 0.3 is 0 Å². The van der Waals surface area contributed by atoms with Crippen molar-refractivity contribution in [2.45, 2.75) is 12.5 Å². The number of methoxy groups -OCH3 is 2. The predicted molar refractivity (Wildman–Crippen MR) is 86.5 cm³/mol. The van der Waals surface area contributed by atoms with Gasteiger partial charge in [-0.05, 0) is 18.2 Å². The Bertz CT molecular complexity index is 722. The number of carbonyl (C=O) groups excluding carboxylic acids is 1. The molecule has 2 aromatic rings. The zero-order valence-electron chi connectivity index (χ0n) is 13.6. The van der Waals surface area contributed by atoms with Crippen LogP contribution in [0.4, 0.5) is 0 Å². The SMILES string of the molecule is COc1cccc(C(=O)N2CCC(Oc3cncc(OC)n3)C2)c1. The molecule has 7 heteroatoms. The Morgan fingerprint density at radius 1 is 1.21 bits per heavy atom. The summed E-state index contributed by atoms with van der Waals surface area (Å²) in [5, 5.41) is 0. The summed E-state index contributed by atoms with van der Waals surface area (Å²) < 4.78 is 16.0. The Morgan fingerprint density at radius 3 is 2.83 bits per heavy atom. The molecule has 0 N–H and O–H groups in total. The molecule has 0 bridgehead atoms. The Morgan fingerprint density at radius 2 is 2.04 bits per heavy atom. The van der Waals surface area contributed by atoms with Crippen LogP contribution in [0, 0.1) is 0 Å². The normalized spacial score (nSPS) is 16.8. The predicted octanol–water partition coefficient (Wildman–Crippen LogP) is 1.79. The van der Waals surface area contributed by atoms with Crippen LogP contribution in [-0.4, -0.2) is 54.2 Å². The average molecular weight is 329 g/mol. The highest BCUT2D eigenvalue weighted by Crippen LogP contribution is 2.21. The number of amides is 1. The van der Waals surface area contributed by atoms with Gasteiger partial charge < -0.3 is 19.1 Å². The first-order valence-electron chi connectivity index (χ1n) is 7.65. The zero-order valence-corrected chi connectivity index (χ0v) is 13.6. The van der Waals surface area contributed by atoms with Crippen molar-refractivity contribution >= 4 is 5.91 Å². The summed E-state index contributed by atoms with van der Waals surface area (Å²) in [6.45, 7) is 1.15. The minimum absolute atomic E-state index is 0.0308. The summed E-state index contributed by atoms with van der Waals surface area (Å²) in [5.41, 5.74) is 0.608. The van der Waals surface area contributed by atoms with Gasteiger partial charge in [0.05, 0.1) is 33.2 Å². The van der Waals surface area contributed by atoms with Gasteiger partial charge in [-0.1, -0.05) is 6.07 Å². The van der Waals surface area contributed by atoms with Gasteiger partial charge in [-0.2, -0.15) is 4.98 Å². The van der Waals surface area contributed by atoms with E-state index in [1.807, 2.05) is 12.1 Å². The Balaban J connectivity index is 1.63. The molecule has 1 atom stereocenters. The van der Waals surface area contributed by atoms with Gasteiger partial charge in [0, 0.05) is 18.5 Å². The molecule has 0 radical (unpaired) electrons. The summed E-state index contributed by atoms with van der Waals surface area (Å²) in [5.74, 6) is 1.43. The number of nitrogens with zero attached hydrogens (tertiary/aromatic N) is 3. The van der Waals surface area contributed by atoms with Crippen molar-refractivity contribution in [3.8, 4) is 17.5 Å². The highest BCUT2D eigenvalue weighted by Gasteiger charge is 2.28. The van der Waals surface area contributed by atoms with E-state index in [-0.39, 0.29) is 12.0 Å². The van der Waals surface area contributed by atoms with E-state index in [2.05, 4.69) is 9.97 Å². The topological polar surface area (TPSA) is 73.8 Å². The van der Waals surface area contributed by atoms with Crippen LogP contribution in [0.15, 0.2) is 36.7 Å². The molecule has 1 unspecified atom stereocenters. The van der Waals surface area contributed by atoms with Gasteiger partial charge in [-0.15, -0.1) is 0 Å². The largest absolute Gasteiger partial charge is 0.497 e. The van der Waals surface area contributed by atoms with E-state index in [1.165, 1.54) is 19.5 Å². The molecule has 1 aromatic heterocycles. The van der Waals surface area contributed by atoms with Crippen LogP contribution in [-0.2, 0) is 0 Å². The lowest BCUT2D eigenvalue weighted by Crippen LogP contribution is -2.31. The molecule has 1 aliphatic heterocycles. The highest BCUT2D eigenvalue weighted by molar-refractivity contribution is 5.94. The van der Waals surface area contributed by atoms with Crippen LogP contribution < -0.4 is 14.2 Å². The number of aromatic nitrogens is 2. The van der Waals surface area contributed by atoms with Crippen LogP contribution in [0.3, 0.4) is 0 Å². The first-order chi connectivity index (χ1) is 11.7. The van der Waals surface area contributed by atoms with Gasteiger partial charge in [0.1, 0.15) is 11.9 Å². The Hall–Kier alpha value is -2.83. The molecule has 3 rings (SSSR count). The van der Waals surface area contributed by atoms with Crippen molar-refractivity contribution < 1.29 is 19.0 Å². The van der Waals surface area contributed by atoms with Crippen molar-refractivity contribution in [3.05, 3.63) is 42.2 Å². The van der Waals surface area contributed by atoms with Crippen LogP contribution in [0.5, 0.6) is 17.5 Å². The molecule has 1 aliphatic rings. The molecule has 126 valence electrons. The minimum Gasteiger partial charge on any atom is -0.497 e. The van der Waals surface area contributed by atoms with Crippen molar-refractivity contribution in [2.75, 3.05) is 27.3 Å². The van der Waals surface area contributed by atoms with Crippen molar-refractivity contribution in [1.29, 1.82) is 0 Å². The third kappa shape index (κ3) is 3.56. The average Bonchev–Trinajstić information content (AvgIpc) is 3.09. The van der Waals surface area contributed by atoms with E-state index >= 15 is 0 Å². The second-order valence-corrected chi connectivity index (χ2v) is 5.41. The fourth-order valence-corrected chi connectivity index (χ4v) is 2.60. The lowest BCUT2D eigenvalue weighted by molar-refractivity contribution is 0.0770. The number of likely N-dealkylation sites (tertiary alicyclic amines) is 1. The molecule has 0 spiro atoms. The van der Waals surface area contributed by atoms with Gasteiger partial charge in [-0.3, -0.25) is 9.78 Å². The van der Waals surface area contributed by atoms with Crippen LogP contribution in [0.2, 0.25) is 0 Å². The van der Waals surface area contributed by atoms with E-state index < -0.39 is 0 Å². The van der Waals surface area contributed by atoms with E-state index in [4.69, 9.17) is 14.2 Å². The standard InChI is InChI=1S/C17H19N3O4/c1-22-13-5-3-4-12(8-13)17(21)20-7-6-14(11-20)24-16-10-18-9-15(19-16)23-2/h3-5,8-10,14H,6-7,11H2,1-2H3. The van der Waals surface area contributed by atoms with Gasteiger partial charge in [0.15, 0.2) is 0 Å². The second-order valence-electron chi connectivity index (χ2n) is 5.41. The van der Waals surface area contributed by atoms with Crippen molar-refractivity contribution in [3.63, 3.8) is 0 Å². The third-order valence-electron chi connectivity index (χ3n) is 3.84. The molecule has 2 heterocycles. The summed E-state index contributed by atoms with van der Waals surface area (Å²) >= 11 is 0. The van der Waals surface area contributed by atoms with Crippen LogP contribution in [0.1, 0.15) is 16.8 Å². The summed E-state index contributed by atoms with van der Waals surface area (Å²) in [4.78, 5) is 22.5. The molecule has 1 saturated heterocycles. The molecule has 1 amide bonds. The number of benzene rings is 1. The maximum absolute atomic E-state index is 12.6. The smallest absolute Gasteiger partial charge is 0.254 e. The summed E-state index contributed by atoms with van der Waals surface area (Å²) in [7, 11) is 3.11. The molecular formula is C17H19N3O4. The fraction of sp³-hybridized carbons (Fsp3) is 0.353. The van der Waals surface area contributed by atoms with Crippen molar-refractivity contribution in [2.24, 2.45) is 0 Å². The van der Waals surface area contributed by atoms with E-state index in [0.29, 0.717) is 36.2 Å². The second kappa shape index (κ2) is 7.16. The molecule has 0 saturated carbocycles. The van der Waals surface area contributed by atoms with Crippen LogP contribution in [0.25, 0.3) is 0 Å². The number of carbonyl (C=O) groups is 1. The first kappa shape index (κ1) is 16.0. The summed E-state index contributed by atoms with van der Waals surface area (Å²) in [6, 6.07) is 7.15. The maximum atomic E-state index is 12.6. The molecule has 1 fully saturated rings. The first-order valence-corrected chi connectivity index (χ1v) is 7.65. The molecule has 0 aliphatic carbocycles. The number of ether oxygens (including phenoxy) is 3. The zero-order chi connectivity index (χ0) is 16.9. The minimum atomic E-state index is -0.110. The molecule has 24 heavy (non-hydrogen) atoms. The van der Waals surface area contributed by atoms with E-state index in [1.54, 1.807) is 24.1 Å². The Kier molecular flexibility index (Phi) is 4.79. The summed E-state index contributed by atoms with van der Waals surface area (Å²) in [6.07, 6.45) is 3.69. The number of rotatable bonds is 5. The molecular weight excluding hydrogens is 310 g/mol. The lowest BCUT2D eigenvalue weighted by atomic mass is 10.2.